The van der Waals surface area contributed by atoms with Crippen LogP contribution in [-0.4, -0.2) is 127 Å². The van der Waals surface area contributed by atoms with E-state index in [0.717, 1.165) is 37.2 Å². The summed E-state index contributed by atoms with van der Waals surface area (Å²) in [7, 11) is 1.49. The molecule has 73 heavy (non-hydrogen) atoms. The third-order valence-electron chi connectivity index (χ3n) is 13.2. The molecule has 0 saturated heterocycles. The van der Waals surface area contributed by atoms with Crippen LogP contribution in [0.25, 0.3) is 0 Å². The first-order valence-corrected chi connectivity index (χ1v) is 26.3. The topological polar surface area (TPSA) is 234 Å². The van der Waals surface area contributed by atoms with Crippen molar-refractivity contribution in [2.75, 3.05) is 46.5 Å². The Balaban J connectivity index is 2.20. The van der Waals surface area contributed by atoms with Gasteiger partial charge in [0.2, 0.25) is 23.6 Å². The lowest BCUT2D eigenvalue weighted by molar-refractivity contribution is -0.135. The molecule has 2 aromatic rings. The summed E-state index contributed by atoms with van der Waals surface area (Å²) in [5, 5.41) is 21.1. The van der Waals surface area contributed by atoms with Gasteiger partial charge in [0, 0.05) is 69.6 Å². The molecule has 0 aliphatic heterocycles. The molecule has 16 heteroatoms. The molecule has 0 aliphatic carbocycles. The fraction of sp³-hybridized carbons (Fsp3) is 0.632. The van der Waals surface area contributed by atoms with E-state index in [1.165, 1.54) is 7.11 Å². The van der Waals surface area contributed by atoms with Crippen molar-refractivity contribution >= 4 is 52.5 Å². The molecular formula is C57H87N5O11. The normalized spacial score (nSPS) is 14.0. The number of Topliss-reactive ketones (excluding diaryl/α,β-unsaturated/α-hetero) is 5. The van der Waals surface area contributed by atoms with Gasteiger partial charge in [-0.05, 0) is 87.5 Å². The number of carbonyl (C=O) groups is 9. The molecular weight excluding hydrogens is 931 g/mol. The number of benzene rings is 2. The molecule has 0 aliphatic rings. The molecule has 406 valence electrons. The molecule has 6 atom stereocenters. The third-order valence-corrected chi connectivity index (χ3v) is 13.2. The van der Waals surface area contributed by atoms with Gasteiger partial charge in [0.1, 0.15) is 0 Å². The summed E-state index contributed by atoms with van der Waals surface area (Å²) in [5.41, 5.74) is 2.31. The summed E-state index contributed by atoms with van der Waals surface area (Å²) in [6, 6.07) is 13.9. The summed E-state index contributed by atoms with van der Waals surface area (Å²) >= 11 is 0. The van der Waals surface area contributed by atoms with E-state index in [2.05, 4.69) is 60.8 Å². The first-order valence-electron chi connectivity index (χ1n) is 26.3. The molecule has 0 fully saturated rings. The number of rotatable bonds is 37. The van der Waals surface area contributed by atoms with Crippen LogP contribution in [0.1, 0.15) is 154 Å². The number of aliphatic hydroxyl groups is 1. The van der Waals surface area contributed by atoms with E-state index in [1.807, 2.05) is 56.3 Å². The lowest BCUT2D eigenvalue weighted by Crippen LogP contribution is -2.47. The Morgan fingerprint density at radius 3 is 1.86 bits per heavy atom. The van der Waals surface area contributed by atoms with Gasteiger partial charge in [0.05, 0.1) is 37.2 Å². The highest BCUT2D eigenvalue weighted by atomic mass is 16.5. The number of methoxy groups -OCH3 is 1. The monoisotopic (exact) mass is 1020 g/mol. The maximum atomic E-state index is 14.2. The van der Waals surface area contributed by atoms with Gasteiger partial charge < -0.3 is 36.0 Å². The number of ketones is 5. The first kappa shape index (κ1) is 63.7. The summed E-state index contributed by atoms with van der Waals surface area (Å²) in [6.45, 7) is 19.0. The Kier molecular flexibility index (Phi) is 29.1. The molecule has 0 saturated carbocycles. The molecule has 0 aromatic heterocycles. The number of nitrogens with one attached hydrogen (secondary N) is 4. The lowest BCUT2D eigenvalue weighted by atomic mass is 9.85. The second-order valence-corrected chi connectivity index (χ2v) is 20.7. The van der Waals surface area contributed by atoms with Crippen molar-refractivity contribution in [2.45, 2.75) is 163 Å². The number of hydrogen-bond acceptors (Lipinski definition) is 12. The van der Waals surface area contributed by atoms with Crippen molar-refractivity contribution < 1.29 is 53.0 Å². The van der Waals surface area contributed by atoms with E-state index in [9.17, 15) is 48.3 Å². The molecule has 16 nitrogen and oxygen atoms in total. The number of ether oxygens (including phenoxy) is 1. The highest BCUT2D eigenvalue weighted by Crippen LogP contribution is 2.24. The lowest BCUT2D eigenvalue weighted by Gasteiger charge is -2.26. The number of amides is 4. The molecule has 0 radical (unpaired) electrons. The Morgan fingerprint density at radius 1 is 0.671 bits per heavy atom. The van der Waals surface area contributed by atoms with Gasteiger partial charge in [0.15, 0.2) is 28.9 Å². The van der Waals surface area contributed by atoms with Crippen molar-refractivity contribution in [3.8, 4) is 0 Å². The van der Waals surface area contributed by atoms with Crippen molar-refractivity contribution in [1.29, 1.82) is 0 Å². The fourth-order valence-corrected chi connectivity index (χ4v) is 8.52. The van der Waals surface area contributed by atoms with Crippen LogP contribution in [0, 0.1) is 23.7 Å². The number of carbonyl (C=O) groups excluding carboxylic acids is 9. The van der Waals surface area contributed by atoms with Gasteiger partial charge >= 0.3 is 0 Å². The van der Waals surface area contributed by atoms with Crippen LogP contribution in [0.15, 0.2) is 54.6 Å². The maximum Gasteiger partial charge on any atom is 0.226 e. The van der Waals surface area contributed by atoms with Crippen molar-refractivity contribution in [3.05, 3.63) is 71.3 Å². The summed E-state index contributed by atoms with van der Waals surface area (Å²) in [4.78, 5) is 123. The van der Waals surface area contributed by atoms with Crippen molar-refractivity contribution in [1.82, 2.24) is 26.2 Å². The second-order valence-electron chi connectivity index (χ2n) is 20.7. The third kappa shape index (κ3) is 24.0. The quantitative estimate of drug-likeness (QED) is 0.0383. The smallest absolute Gasteiger partial charge is 0.226 e. The predicted molar refractivity (Wildman–Crippen MR) is 283 cm³/mol. The second kappa shape index (κ2) is 33.4. The van der Waals surface area contributed by atoms with Crippen molar-refractivity contribution in [2.24, 2.45) is 23.7 Å². The zero-order valence-electron chi connectivity index (χ0n) is 45.4. The summed E-state index contributed by atoms with van der Waals surface area (Å²) in [5.74, 6) is -6.92. The molecule has 2 unspecified atom stereocenters. The highest BCUT2D eigenvalue weighted by molar-refractivity contribution is 6.00. The molecule has 0 heterocycles. The average molecular weight is 1020 g/mol. The number of nitrogens with zero attached hydrogens (tertiary/aromatic N) is 1. The highest BCUT2D eigenvalue weighted by Gasteiger charge is 2.33. The predicted octanol–water partition coefficient (Wildman–Crippen LogP) is 6.07. The van der Waals surface area contributed by atoms with Crippen LogP contribution in [0.5, 0.6) is 0 Å². The molecule has 4 amide bonds. The van der Waals surface area contributed by atoms with E-state index >= 15 is 0 Å². The molecule has 2 aromatic carbocycles. The van der Waals surface area contributed by atoms with E-state index in [4.69, 9.17) is 4.74 Å². The van der Waals surface area contributed by atoms with Gasteiger partial charge in [-0.25, -0.2) is 0 Å². The Labute approximate surface area is 434 Å². The minimum Gasteiger partial charge on any atom is -0.396 e. The van der Waals surface area contributed by atoms with Crippen LogP contribution in [0.4, 0.5) is 0 Å². The van der Waals surface area contributed by atoms with Gasteiger partial charge in [-0.15, -0.1) is 0 Å². The maximum absolute atomic E-state index is 14.2. The minimum absolute atomic E-state index is 0.0296. The Morgan fingerprint density at radius 2 is 1.29 bits per heavy atom. The van der Waals surface area contributed by atoms with Gasteiger partial charge in [-0.1, -0.05) is 110 Å². The van der Waals surface area contributed by atoms with Crippen LogP contribution >= 0.6 is 0 Å². The van der Waals surface area contributed by atoms with E-state index in [-0.39, 0.29) is 80.9 Å². The zero-order valence-corrected chi connectivity index (χ0v) is 45.4. The van der Waals surface area contributed by atoms with E-state index in [0.29, 0.717) is 18.4 Å². The van der Waals surface area contributed by atoms with Crippen LogP contribution in [0.3, 0.4) is 0 Å². The van der Waals surface area contributed by atoms with E-state index < -0.39 is 96.4 Å². The summed E-state index contributed by atoms with van der Waals surface area (Å²) < 4.78 is 5.03. The molecule has 0 spiro atoms. The molecule has 0 bridgehead atoms. The van der Waals surface area contributed by atoms with Crippen LogP contribution in [0.2, 0.25) is 0 Å². The SMILES string of the molecule is CCC(=O)[C@H](CCOC)NC(=O)CCC(=O)CNC(=O)C(CO)CC(=O)[C@H](CCCCN(CC)CC)NC(=O)[C@@H](CC(=O)[C@H](C)NC(=O)C(CC(=O)c1ccc(C(C)(C)C)cc1)Cc1ccccc1)CC(C)C. The molecule has 2 rings (SSSR count). The Bertz CT molecular complexity index is 2080. The Hall–Kier alpha value is -5.45. The number of unbranched alkanes of at least 4 members (excludes halogenated alkanes) is 1. The van der Waals surface area contributed by atoms with Gasteiger partial charge in [-0.2, -0.15) is 0 Å². The minimum atomic E-state index is -1.24. The van der Waals surface area contributed by atoms with Crippen molar-refractivity contribution in [3.63, 3.8) is 0 Å². The number of aliphatic hydroxyl groups excluding tert-OH is 1. The zero-order chi connectivity index (χ0) is 54.7. The molecule has 5 N–H and O–H groups in total. The first-order chi connectivity index (χ1) is 34.6. The standard InChI is InChI=1S/C57H87N5O11/c1-11-49(65)48(28-30-73-10)60-53(69)27-26-46(64)36-58-54(70)44(37-63)35-52(68)47(21-17-18-29-62(12-2)13-3)61-56(72)42(31-38(4)5)33-50(66)39(6)59-55(71)43(32-40-19-15-14-16-20-40)34-51(67)41-22-24-45(25-23-41)57(7,8)9/h14-16,19-20,22-25,38-39,42-44,47-48,63H,11-13,17-18,21,26-37H2,1-10H3,(H,58,70)(H,59,71)(H,60,69)(H,61,72)/t39-,42+,43?,44?,47-,48-/m0/s1. The summed E-state index contributed by atoms with van der Waals surface area (Å²) in [6.07, 6.45) is 1.38. The van der Waals surface area contributed by atoms with Crippen LogP contribution in [-0.2, 0) is 54.9 Å². The largest absolute Gasteiger partial charge is 0.396 e. The van der Waals surface area contributed by atoms with Gasteiger partial charge in [0.25, 0.3) is 0 Å². The average Bonchev–Trinajstić information content (AvgIpc) is 3.36. The number of hydrogen-bond donors (Lipinski definition) is 5. The fourth-order valence-electron chi connectivity index (χ4n) is 8.52. The van der Waals surface area contributed by atoms with Crippen LogP contribution < -0.4 is 21.3 Å². The van der Waals surface area contributed by atoms with E-state index in [1.54, 1.807) is 26.0 Å². The van der Waals surface area contributed by atoms with Gasteiger partial charge in [-0.3, -0.25) is 43.2 Å².